The van der Waals surface area contributed by atoms with Crippen molar-refractivity contribution in [1.82, 2.24) is 4.90 Å². The highest BCUT2D eigenvalue weighted by atomic mass is 35.5. The van der Waals surface area contributed by atoms with Gasteiger partial charge in [0.2, 0.25) is 5.91 Å². The number of benzene rings is 1. The van der Waals surface area contributed by atoms with Crippen molar-refractivity contribution < 1.29 is 9.59 Å². The van der Waals surface area contributed by atoms with E-state index in [9.17, 15) is 9.59 Å². The Morgan fingerprint density at radius 3 is 2.35 bits per heavy atom. The monoisotopic (exact) mass is 299 g/mol. The highest BCUT2D eigenvalue weighted by Crippen LogP contribution is 2.13. The van der Waals surface area contributed by atoms with Crippen LogP contribution < -0.4 is 11.1 Å². The number of anilines is 1. The number of carbonyl (C=O) groups excluding carboxylic acids is 2. The van der Waals surface area contributed by atoms with Crippen molar-refractivity contribution >= 4 is 29.9 Å². The SMILES string of the molecule is CC(N)C(C)C(=O)Nc1cccc(C(=O)N(C)C)c1.Cl. The Hall–Kier alpha value is -1.59. The van der Waals surface area contributed by atoms with Crippen molar-refractivity contribution in [3.05, 3.63) is 29.8 Å². The molecule has 0 saturated heterocycles. The van der Waals surface area contributed by atoms with E-state index in [0.717, 1.165) is 0 Å². The van der Waals surface area contributed by atoms with Gasteiger partial charge in [-0.15, -0.1) is 12.4 Å². The zero-order valence-corrected chi connectivity index (χ0v) is 13.0. The summed E-state index contributed by atoms with van der Waals surface area (Å²) in [4.78, 5) is 25.2. The number of halogens is 1. The third-order valence-corrected chi connectivity index (χ3v) is 2.99. The van der Waals surface area contributed by atoms with Gasteiger partial charge in [0.15, 0.2) is 0 Å². The average molecular weight is 300 g/mol. The van der Waals surface area contributed by atoms with E-state index in [0.29, 0.717) is 11.3 Å². The summed E-state index contributed by atoms with van der Waals surface area (Å²) in [5.41, 5.74) is 6.83. The zero-order valence-electron chi connectivity index (χ0n) is 12.2. The molecular weight excluding hydrogens is 278 g/mol. The molecule has 0 aliphatic heterocycles. The minimum absolute atomic E-state index is 0. The molecule has 5 nitrogen and oxygen atoms in total. The maximum Gasteiger partial charge on any atom is 0.253 e. The Kier molecular flexibility index (Phi) is 7.24. The topological polar surface area (TPSA) is 75.4 Å². The number of amides is 2. The molecule has 2 atom stereocenters. The van der Waals surface area contributed by atoms with Crippen LogP contribution in [0.25, 0.3) is 0 Å². The maximum atomic E-state index is 11.9. The van der Waals surface area contributed by atoms with E-state index in [1.807, 2.05) is 0 Å². The summed E-state index contributed by atoms with van der Waals surface area (Å²) in [6, 6.07) is 6.65. The van der Waals surface area contributed by atoms with Crippen molar-refractivity contribution in [3.63, 3.8) is 0 Å². The van der Waals surface area contributed by atoms with E-state index in [-0.39, 0.29) is 36.2 Å². The molecule has 20 heavy (non-hydrogen) atoms. The van der Waals surface area contributed by atoms with Gasteiger partial charge in [-0.25, -0.2) is 0 Å². The Labute approximate surface area is 125 Å². The molecule has 0 bridgehead atoms. The molecule has 6 heteroatoms. The summed E-state index contributed by atoms with van der Waals surface area (Å²) >= 11 is 0. The van der Waals surface area contributed by atoms with E-state index in [2.05, 4.69) is 5.32 Å². The molecule has 1 aromatic carbocycles. The van der Waals surface area contributed by atoms with Gasteiger partial charge in [0.25, 0.3) is 5.91 Å². The molecule has 1 rings (SSSR count). The number of nitrogens with two attached hydrogens (primary N) is 1. The molecule has 1 aromatic rings. The van der Waals surface area contributed by atoms with Gasteiger partial charge in [0.05, 0.1) is 5.92 Å². The van der Waals surface area contributed by atoms with Crippen LogP contribution in [0.2, 0.25) is 0 Å². The number of carbonyl (C=O) groups is 2. The second kappa shape index (κ2) is 7.87. The number of rotatable bonds is 4. The van der Waals surface area contributed by atoms with Crippen LogP contribution in [0.3, 0.4) is 0 Å². The predicted octanol–water partition coefficient (Wildman–Crippen LogP) is 1.73. The largest absolute Gasteiger partial charge is 0.345 e. The molecule has 0 aromatic heterocycles. The first-order valence-corrected chi connectivity index (χ1v) is 6.21. The minimum atomic E-state index is -0.284. The van der Waals surface area contributed by atoms with Crippen LogP contribution in [0.4, 0.5) is 5.69 Å². The first-order valence-electron chi connectivity index (χ1n) is 6.21. The molecule has 2 unspecified atom stereocenters. The van der Waals surface area contributed by atoms with Gasteiger partial charge in [-0.05, 0) is 25.1 Å². The minimum Gasteiger partial charge on any atom is -0.345 e. The van der Waals surface area contributed by atoms with Crippen LogP contribution in [-0.4, -0.2) is 36.9 Å². The molecule has 0 saturated carbocycles. The van der Waals surface area contributed by atoms with Gasteiger partial charge in [-0.2, -0.15) is 0 Å². The molecule has 0 aliphatic carbocycles. The molecular formula is C14H22ClN3O2. The average Bonchev–Trinajstić information content (AvgIpc) is 2.36. The number of nitrogens with one attached hydrogen (secondary N) is 1. The van der Waals surface area contributed by atoms with Crippen LogP contribution in [0.5, 0.6) is 0 Å². The van der Waals surface area contributed by atoms with Crippen molar-refractivity contribution in [2.24, 2.45) is 11.7 Å². The summed E-state index contributed by atoms with van der Waals surface area (Å²) in [5, 5.41) is 2.77. The first kappa shape index (κ1) is 18.4. The van der Waals surface area contributed by atoms with Gasteiger partial charge in [-0.3, -0.25) is 9.59 Å². The standard InChI is InChI=1S/C14H21N3O2.ClH/c1-9(10(2)15)13(18)16-12-7-5-6-11(8-12)14(19)17(3)4;/h5-10H,15H2,1-4H3,(H,16,18);1H. The maximum absolute atomic E-state index is 11.9. The zero-order chi connectivity index (χ0) is 14.6. The van der Waals surface area contributed by atoms with Crippen molar-refractivity contribution in [2.75, 3.05) is 19.4 Å². The van der Waals surface area contributed by atoms with Gasteiger partial charge >= 0.3 is 0 Å². The fraction of sp³-hybridized carbons (Fsp3) is 0.429. The second-order valence-electron chi connectivity index (χ2n) is 4.92. The first-order chi connectivity index (χ1) is 8.82. The molecule has 3 N–H and O–H groups in total. The fourth-order valence-electron chi connectivity index (χ4n) is 1.48. The van der Waals surface area contributed by atoms with E-state index >= 15 is 0 Å². The highest BCUT2D eigenvalue weighted by molar-refractivity contribution is 5.97. The van der Waals surface area contributed by atoms with E-state index in [4.69, 9.17) is 5.73 Å². The summed E-state index contributed by atoms with van der Waals surface area (Å²) in [6.45, 7) is 3.56. The van der Waals surface area contributed by atoms with Crippen molar-refractivity contribution in [1.29, 1.82) is 0 Å². The summed E-state index contributed by atoms with van der Waals surface area (Å²) in [7, 11) is 3.37. The van der Waals surface area contributed by atoms with Crippen LogP contribution in [0.1, 0.15) is 24.2 Å². The van der Waals surface area contributed by atoms with Crippen LogP contribution in [0.15, 0.2) is 24.3 Å². The Balaban J connectivity index is 0.00000361. The molecule has 2 amide bonds. The molecule has 0 heterocycles. The molecule has 112 valence electrons. The van der Waals surface area contributed by atoms with Crippen molar-refractivity contribution in [3.8, 4) is 0 Å². The number of nitrogens with zero attached hydrogens (tertiary/aromatic N) is 1. The van der Waals surface area contributed by atoms with Gasteiger partial charge in [-0.1, -0.05) is 13.0 Å². The van der Waals surface area contributed by atoms with Gasteiger partial charge < -0.3 is 16.0 Å². The highest BCUT2D eigenvalue weighted by Gasteiger charge is 2.17. The third kappa shape index (κ3) is 4.83. The molecule has 0 aliphatic rings. The molecule has 0 radical (unpaired) electrons. The lowest BCUT2D eigenvalue weighted by molar-refractivity contribution is -0.119. The predicted molar refractivity (Wildman–Crippen MR) is 83.2 cm³/mol. The quantitative estimate of drug-likeness (QED) is 0.889. The summed E-state index contributed by atoms with van der Waals surface area (Å²) in [5.74, 6) is -0.533. The molecule has 0 fully saturated rings. The number of hydrogen-bond donors (Lipinski definition) is 2. The van der Waals surface area contributed by atoms with Crippen LogP contribution in [0, 0.1) is 5.92 Å². The summed E-state index contributed by atoms with van der Waals surface area (Å²) < 4.78 is 0. The fourth-order valence-corrected chi connectivity index (χ4v) is 1.48. The van der Waals surface area contributed by atoms with E-state index in [1.165, 1.54) is 4.90 Å². The normalized spacial score (nSPS) is 12.8. The van der Waals surface area contributed by atoms with Crippen LogP contribution >= 0.6 is 12.4 Å². The van der Waals surface area contributed by atoms with Crippen molar-refractivity contribution in [2.45, 2.75) is 19.9 Å². The van der Waals surface area contributed by atoms with E-state index in [1.54, 1.807) is 52.2 Å². The number of hydrogen-bond acceptors (Lipinski definition) is 3. The van der Waals surface area contributed by atoms with Gasteiger partial charge in [0.1, 0.15) is 0 Å². The van der Waals surface area contributed by atoms with Crippen LogP contribution in [-0.2, 0) is 4.79 Å². The lowest BCUT2D eigenvalue weighted by Gasteiger charge is -2.16. The smallest absolute Gasteiger partial charge is 0.253 e. The Morgan fingerprint density at radius 2 is 1.85 bits per heavy atom. The second-order valence-corrected chi connectivity index (χ2v) is 4.92. The lowest BCUT2D eigenvalue weighted by Crippen LogP contribution is -2.34. The Bertz CT molecular complexity index is 475. The van der Waals surface area contributed by atoms with Gasteiger partial charge in [0, 0.05) is 31.4 Å². The van der Waals surface area contributed by atoms with E-state index < -0.39 is 0 Å². The lowest BCUT2D eigenvalue weighted by atomic mass is 10.0. The molecule has 0 spiro atoms. The summed E-state index contributed by atoms with van der Waals surface area (Å²) in [6.07, 6.45) is 0. The third-order valence-electron chi connectivity index (χ3n) is 2.99. The Morgan fingerprint density at radius 1 is 1.25 bits per heavy atom.